The van der Waals surface area contributed by atoms with Crippen LogP contribution in [0.2, 0.25) is 0 Å². The Morgan fingerprint density at radius 3 is 1.95 bits per heavy atom. The van der Waals surface area contributed by atoms with E-state index in [1.807, 2.05) is 31.2 Å². The molecule has 0 atom stereocenters. The van der Waals surface area contributed by atoms with Gasteiger partial charge in [0.2, 0.25) is 0 Å². The van der Waals surface area contributed by atoms with Crippen molar-refractivity contribution in [2.24, 2.45) is 32.9 Å². The van der Waals surface area contributed by atoms with E-state index in [0.29, 0.717) is 29.5 Å². The van der Waals surface area contributed by atoms with Crippen LogP contribution in [0.4, 0.5) is 11.4 Å². The quantitative estimate of drug-likeness (QED) is 0.0751. The van der Waals surface area contributed by atoms with Crippen LogP contribution in [-0.2, 0) is 11.0 Å². The van der Waals surface area contributed by atoms with Gasteiger partial charge in [0.15, 0.2) is 11.9 Å². The van der Waals surface area contributed by atoms with E-state index in [2.05, 4.69) is 16.9 Å². The molecular formula is C28H45N6O3P. The summed E-state index contributed by atoms with van der Waals surface area (Å²) >= 11 is 0. The van der Waals surface area contributed by atoms with Gasteiger partial charge in [0, 0.05) is 0 Å². The summed E-state index contributed by atoms with van der Waals surface area (Å²) in [7, 11) is -0.291. The molecule has 0 aliphatic rings. The van der Waals surface area contributed by atoms with Crippen molar-refractivity contribution < 1.29 is 13.8 Å². The van der Waals surface area contributed by atoms with Crippen molar-refractivity contribution in [3.63, 3.8) is 0 Å². The zero-order chi connectivity index (χ0) is 28.0. The summed E-state index contributed by atoms with van der Waals surface area (Å²) in [5.41, 5.74) is 24.0. The number of nitrogens with two attached hydrogens (primary N) is 4. The second-order valence-electron chi connectivity index (χ2n) is 8.88. The maximum atomic E-state index is 10.1. The maximum Gasteiger partial charge on any atom is 0.395 e. The van der Waals surface area contributed by atoms with Crippen LogP contribution in [-0.4, -0.2) is 18.5 Å². The molecule has 0 aliphatic heterocycles. The predicted molar refractivity (Wildman–Crippen MR) is 159 cm³/mol. The van der Waals surface area contributed by atoms with Crippen molar-refractivity contribution in [2.45, 2.75) is 84.5 Å². The highest BCUT2D eigenvalue weighted by atomic mass is 31.1. The van der Waals surface area contributed by atoms with Crippen LogP contribution >= 0.6 is 8.69 Å². The first-order chi connectivity index (χ1) is 18.4. The Kier molecular flexibility index (Phi) is 17.8. The molecule has 8 N–H and O–H groups in total. The third-order valence-electron chi connectivity index (χ3n) is 5.69. The zero-order valence-corrected chi connectivity index (χ0v) is 23.8. The van der Waals surface area contributed by atoms with Crippen LogP contribution in [0.15, 0.2) is 52.4 Å². The molecule has 210 valence electrons. The molecule has 0 radical (unpaired) electrons. The fraction of sp³-hybridized carbons (Fsp3) is 0.500. The Bertz CT molecular complexity index is 992. The number of ether oxygens (including phenoxy) is 1. The Balaban J connectivity index is 0.000000544. The molecular weight excluding hydrogens is 499 g/mol. The maximum absolute atomic E-state index is 10.1. The van der Waals surface area contributed by atoms with Gasteiger partial charge >= 0.3 is 8.69 Å². The van der Waals surface area contributed by atoms with Gasteiger partial charge in [-0.2, -0.15) is 0 Å². The normalized spacial score (nSPS) is 10.3. The fourth-order valence-electron chi connectivity index (χ4n) is 3.77. The molecule has 0 saturated carbocycles. The van der Waals surface area contributed by atoms with Gasteiger partial charge in [-0.05, 0) is 42.7 Å². The third-order valence-corrected chi connectivity index (χ3v) is 5.97. The topological polar surface area (TPSA) is 164 Å². The highest BCUT2D eigenvalue weighted by Gasteiger charge is 2.06. The van der Waals surface area contributed by atoms with Crippen LogP contribution < -0.4 is 32.2 Å². The molecule has 0 aliphatic carbocycles. The zero-order valence-electron chi connectivity index (χ0n) is 22.9. The van der Waals surface area contributed by atoms with E-state index in [9.17, 15) is 4.57 Å². The lowest BCUT2D eigenvalue weighted by Gasteiger charge is -2.10. The van der Waals surface area contributed by atoms with Crippen molar-refractivity contribution >= 4 is 32.0 Å². The summed E-state index contributed by atoms with van der Waals surface area (Å²) in [4.78, 5) is 8.09. The standard InChI is InChI=1S/C20H36N6O.C8H9O2P/c1-2-3-4-5-6-7-8-9-10-11-14-27-18-13-12-16(25-19(21)22)15-17(18)26-20(23)24;1-2-7-5-3-4-6-8(7)10-11-9/h12-13,15H,2-11,14H2,1H3,(H4,21,22,25)(H4,23,24,26);3-6H,2H2,1H3. The number of nitrogens with zero attached hydrogens (tertiary/aromatic N) is 2. The molecule has 38 heavy (non-hydrogen) atoms. The summed E-state index contributed by atoms with van der Waals surface area (Å²) < 4.78 is 20.8. The first-order valence-corrected chi connectivity index (χ1v) is 14.2. The van der Waals surface area contributed by atoms with E-state index in [1.54, 1.807) is 18.2 Å². The number of hydrogen-bond acceptors (Lipinski definition) is 5. The van der Waals surface area contributed by atoms with Gasteiger partial charge in [-0.3, -0.25) is 0 Å². The number of guanidine groups is 2. The number of rotatable bonds is 17. The van der Waals surface area contributed by atoms with Gasteiger partial charge in [-0.15, -0.1) is 0 Å². The lowest BCUT2D eigenvalue weighted by Crippen LogP contribution is -2.22. The largest absolute Gasteiger partial charge is 0.491 e. The van der Waals surface area contributed by atoms with Gasteiger partial charge in [-0.25, -0.2) is 14.5 Å². The number of unbranched alkanes of at least 4 members (excludes halogenated alkanes) is 9. The van der Waals surface area contributed by atoms with E-state index in [1.165, 1.54) is 57.8 Å². The SMILES string of the molecule is CCCCCCCCCCCCOc1ccc(N=C(N)N)cc1N=C(N)N.CCc1ccccc1OP=O. The average Bonchev–Trinajstić information content (AvgIpc) is 2.88. The number of benzene rings is 2. The van der Waals surface area contributed by atoms with E-state index in [-0.39, 0.29) is 20.6 Å². The smallest absolute Gasteiger partial charge is 0.395 e. The second kappa shape index (κ2) is 20.7. The van der Waals surface area contributed by atoms with Gasteiger partial charge < -0.3 is 32.2 Å². The molecule has 2 aromatic carbocycles. The van der Waals surface area contributed by atoms with Crippen molar-refractivity contribution in [3.8, 4) is 11.5 Å². The minimum Gasteiger partial charge on any atom is -0.491 e. The first-order valence-electron chi connectivity index (χ1n) is 13.4. The average molecular weight is 545 g/mol. The summed E-state index contributed by atoms with van der Waals surface area (Å²) in [5.74, 6) is 1.26. The molecule has 9 nitrogen and oxygen atoms in total. The molecule has 0 unspecified atom stereocenters. The molecule has 0 heterocycles. The highest BCUT2D eigenvalue weighted by Crippen LogP contribution is 2.32. The summed E-state index contributed by atoms with van der Waals surface area (Å²) in [6.45, 7) is 4.91. The third kappa shape index (κ3) is 15.1. The Hall–Kier alpha value is -3.32. The van der Waals surface area contributed by atoms with E-state index in [4.69, 9.17) is 32.2 Å². The minimum absolute atomic E-state index is 0.0234. The lowest BCUT2D eigenvalue weighted by molar-refractivity contribution is 0.305. The monoisotopic (exact) mass is 544 g/mol. The van der Waals surface area contributed by atoms with E-state index >= 15 is 0 Å². The number of aliphatic imine (C=N–C) groups is 2. The van der Waals surface area contributed by atoms with Crippen LogP contribution in [0, 0.1) is 0 Å². The summed E-state index contributed by atoms with van der Waals surface area (Å²) in [6, 6.07) is 12.8. The molecule has 0 bridgehead atoms. The van der Waals surface area contributed by atoms with Crippen molar-refractivity contribution in [1.82, 2.24) is 0 Å². The molecule has 10 heteroatoms. The van der Waals surface area contributed by atoms with Crippen LogP contribution in [0.5, 0.6) is 11.5 Å². The van der Waals surface area contributed by atoms with Gasteiger partial charge in [0.1, 0.15) is 17.2 Å². The van der Waals surface area contributed by atoms with Gasteiger partial charge in [-0.1, -0.05) is 89.8 Å². The van der Waals surface area contributed by atoms with Gasteiger partial charge in [0.25, 0.3) is 0 Å². The Morgan fingerprint density at radius 1 is 0.763 bits per heavy atom. The lowest BCUT2D eigenvalue weighted by atomic mass is 10.1. The van der Waals surface area contributed by atoms with Crippen LogP contribution in [0.3, 0.4) is 0 Å². The van der Waals surface area contributed by atoms with Crippen molar-refractivity contribution in [3.05, 3.63) is 48.0 Å². The van der Waals surface area contributed by atoms with Crippen molar-refractivity contribution in [1.29, 1.82) is 0 Å². The summed E-state index contributed by atoms with van der Waals surface area (Å²) in [5, 5.41) is 0. The number of hydrogen-bond donors (Lipinski definition) is 4. The van der Waals surface area contributed by atoms with Crippen LogP contribution in [0.1, 0.15) is 83.6 Å². The molecule has 0 fully saturated rings. The fourth-order valence-corrected chi connectivity index (χ4v) is 4.03. The number of aryl methyl sites for hydroxylation is 1. The molecule has 2 aromatic rings. The second-order valence-corrected chi connectivity index (χ2v) is 9.21. The molecule has 0 saturated heterocycles. The minimum atomic E-state index is -0.291. The molecule has 0 aromatic heterocycles. The molecule has 2 rings (SSSR count). The summed E-state index contributed by atoms with van der Waals surface area (Å²) in [6.07, 6.45) is 13.8. The molecule has 0 spiro atoms. The highest BCUT2D eigenvalue weighted by molar-refractivity contribution is 7.17. The number of para-hydroxylation sites is 1. The van der Waals surface area contributed by atoms with E-state index in [0.717, 1.165) is 18.4 Å². The van der Waals surface area contributed by atoms with E-state index < -0.39 is 0 Å². The molecule has 0 amide bonds. The first kappa shape index (κ1) is 32.7. The predicted octanol–water partition coefficient (Wildman–Crippen LogP) is 6.63. The van der Waals surface area contributed by atoms with Crippen LogP contribution in [0.25, 0.3) is 0 Å². The van der Waals surface area contributed by atoms with Gasteiger partial charge in [0.05, 0.1) is 12.3 Å². The Morgan fingerprint density at radius 2 is 1.37 bits per heavy atom. The Labute approximate surface area is 229 Å². The van der Waals surface area contributed by atoms with Crippen molar-refractivity contribution in [2.75, 3.05) is 6.61 Å².